The molecule has 1 aromatic heterocycles. The van der Waals surface area contributed by atoms with E-state index in [0.29, 0.717) is 6.42 Å². The molecule has 0 saturated heterocycles. The molecule has 0 amide bonds. The van der Waals surface area contributed by atoms with Gasteiger partial charge >= 0.3 is 0 Å². The smallest absolute Gasteiger partial charge is 0.152 e. The SMILES string of the molecule is CC(N)Cc1nncc(C(C)(C)C)n1. The first kappa shape index (κ1) is 11.0. The Morgan fingerprint density at radius 3 is 2.57 bits per heavy atom. The molecule has 0 aliphatic carbocycles. The minimum atomic E-state index is 0.0164. The molecule has 1 rings (SSSR count). The summed E-state index contributed by atoms with van der Waals surface area (Å²) >= 11 is 0. The summed E-state index contributed by atoms with van der Waals surface area (Å²) in [6.07, 6.45) is 2.39. The average Bonchev–Trinajstić information content (AvgIpc) is 2.01. The van der Waals surface area contributed by atoms with Crippen molar-refractivity contribution in [3.8, 4) is 0 Å². The fourth-order valence-corrected chi connectivity index (χ4v) is 1.08. The van der Waals surface area contributed by atoms with Gasteiger partial charge in [0.1, 0.15) is 0 Å². The third-order valence-corrected chi connectivity index (χ3v) is 1.88. The van der Waals surface area contributed by atoms with E-state index in [1.54, 1.807) is 6.20 Å². The van der Waals surface area contributed by atoms with Crippen LogP contribution in [0.2, 0.25) is 0 Å². The molecule has 1 aromatic rings. The average molecular weight is 194 g/mol. The zero-order valence-corrected chi connectivity index (χ0v) is 9.28. The molecule has 78 valence electrons. The molecule has 2 N–H and O–H groups in total. The summed E-state index contributed by atoms with van der Waals surface area (Å²) in [5, 5.41) is 7.89. The summed E-state index contributed by atoms with van der Waals surface area (Å²) in [5.74, 6) is 0.729. The number of rotatable bonds is 2. The molecule has 0 bridgehead atoms. The predicted octanol–water partition coefficient (Wildman–Crippen LogP) is 1.06. The van der Waals surface area contributed by atoms with Crippen molar-refractivity contribution in [2.75, 3.05) is 0 Å². The predicted molar refractivity (Wildman–Crippen MR) is 55.9 cm³/mol. The Bertz CT molecular complexity index is 301. The summed E-state index contributed by atoms with van der Waals surface area (Å²) in [5.41, 5.74) is 6.65. The van der Waals surface area contributed by atoms with Crippen LogP contribution in [0.25, 0.3) is 0 Å². The maximum Gasteiger partial charge on any atom is 0.152 e. The van der Waals surface area contributed by atoms with Gasteiger partial charge in [-0.05, 0) is 6.92 Å². The first-order valence-corrected chi connectivity index (χ1v) is 4.84. The number of hydrogen-bond acceptors (Lipinski definition) is 4. The van der Waals surface area contributed by atoms with Gasteiger partial charge in [0, 0.05) is 17.9 Å². The van der Waals surface area contributed by atoms with E-state index in [4.69, 9.17) is 5.73 Å². The molecular weight excluding hydrogens is 176 g/mol. The van der Waals surface area contributed by atoms with Gasteiger partial charge in [-0.1, -0.05) is 20.8 Å². The van der Waals surface area contributed by atoms with E-state index in [2.05, 4.69) is 36.0 Å². The summed E-state index contributed by atoms with van der Waals surface area (Å²) in [6, 6.07) is 0.0759. The van der Waals surface area contributed by atoms with Gasteiger partial charge in [0.05, 0.1) is 11.9 Å². The van der Waals surface area contributed by atoms with Crippen LogP contribution in [0.5, 0.6) is 0 Å². The van der Waals surface area contributed by atoms with Gasteiger partial charge in [0.15, 0.2) is 5.82 Å². The third-order valence-electron chi connectivity index (χ3n) is 1.88. The van der Waals surface area contributed by atoms with Crippen molar-refractivity contribution in [3.05, 3.63) is 17.7 Å². The van der Waals surface area contributed by atoms with E-state index in [-0.39, 0.29) is 11.5 Å². The number of aromatic nitrogens is 3. The molecule has 4 nitrogen and oxygen atoms in total. The number of nitrogens with zero attached hydrogens (tertiary/aromatic N) is 3. The highest BCUT2D eigenvalue weighted by Gasteiger charge is 2.16. The van der Waals surface area contributed by atoms with E-state index in [9.17, 15) is 0 Å². The third kappa shape index (κ3) is 3.03. The van der Waals surface area contributed by atoms with E-state index in [1.807, 2.05) is 6.92 Å². The van der Waals surface area contributed by atoms with Gasteiger partial charge in [0.2, 0.25) is 0 Å². The number of hydrogen-bond donors (Lipinski definition) is 1. The van der Waals surface area contributed by atoms with Crippen molar-refractivity contribution in [1.29, 1.82) is 0 Å². The van der Waals surface area contributed by atoms with Crippen LogP contribution in [0.4, 0.5) is 0 Å². The largest absolute Gasteiger partial charge is 0.328 e. The van der Waals surface area contributed by atoms with Crippen molar-refractivity contribution < 1.29 is 0 Å². The summed E-state index contributed by atoms with van der Waals surface area (Å²) in [4.78, 5) is 4.43. The van der Waals surface area contributed by atoms with Crippen molar-refractivity contribution in [2.24, 2.45) is 5.73 Å². The van der Waals surface area contributed by atoms with Crippen molar-refractivity contribution >= 4 is 0 Å². The lowest BCUT2D eigenvalue weighted by Crippen LogP contribution is -2.22. The Kier molecular flexibility index (Phi) is 3.16. The van der Waals surface area contributed by atoms with E-state index in [1.165, 1.54) is 0 Å². The highest BCUT2D eigenvalue weighted by Crippen LogP contribution is 2.18. The standard InChI is InChI=1S/C10H18N4/c1-7(11)5-9-13-8(6-12-14-9)10(2,3)4/h6-7H,5,11H2,1-4H3. The molecule has 0 fully saturated rings. The van der Waals surface area contributed by atoms with Gasteiger partial charge < -0.3 is 5.73 Å². The highest BCUT2D eigenvalue weighted by molar-refractivity contribution is 5.08. The van der Waals surface area contributed by atoms with E-state index < -0.39 is 0 Å². The Morgan fingerprint density at radius 2 is 2.07 bits per heavy atom. The summed E-state index contributed by atoms with van der Waals surface area (Å²) < 4.78 is 0. The molecule has 4 heteroatoms. The second-order valence-corrected chi connectivity index (χ2v) is 4.69. The summed E-state index contributed by atoms with van der Waals surface area (Å²) in [7, 11) is 0. The monoisotopic (exact) mass is 194 g/mol. The van der Waals surface area contributed by atoms with Crippen LogP contribution < -0.4 is 5.73 Å². The Hall–Kier alpha value is -1.03. The van der Waals surface area contributed by atoms with Crippen LogP contribution in [0.15, 0.2) is 6.20 Å². The molecule has 0 spiro atoms. The normalized spacial score (nSPS) is 14.1. The molecule has 0 radical (unpaired) electrons. The van der Waals surface area contributed by atoms with Crippen LogP contribution in [0.3, 0.4) is 0 Å². The minimum absolute atomic E-state index is 0.0164. The zero-order valence-electron chi connectivity index (χ0n) is 9.28. The zero-order chi connectivity index (χ0) is 10.8. The van der Waals surface area contributed by atoms with E-state index >= 15 is 0 Å². The van der Waals surface area contributed by atoms with Crippen molar-refractivity contribution in [1.82, 2.24) is 15.2 Å². The van der Waals surface area contributed by atoms with Crippen LogP contribution in [0, 0.1) is 0 Å². The Labute approximate surface area is 85.0 Å². The maximum atomic E-state index is 5.68. The fraction of sp³-hybridized carbons (Fsp3) is 0.700. The number of nitrogens with two attached hydrogens (primary N) is 1. The van der Waals surface area contributed by atoms with E-state index in [0.717, 1.165) is 11.5 Å². The van der Waals surface area contributed by atoms with Crippen molar-refractivity contribution in [2.45, 2.75) is 45.6 Å². The van der Waals surface area contributed by atoms with Gasteiger partial charge in [-0.3, -0.25) is 0 Å². The first-order valence-electron chi connectivity index (χ1n) is 4.84. The molecular formula is C10H18N4. The van der Waals surface area contributed by atoms with Crippen LogP contribution >= 0.6 is 0 Å². The molecule has 1 unspecified atom stereocenters. The molecule has 0 aliphatic rings. The molecule has 1 heterocycles. The second-order valence-electron chi connectivity index (χ2n) is 4.69. The second kappa shape index (κ2) is 4.00. The first-order chi connectivity index (χ1) is 6.39. The van der Waals surface area contributed by atoms with Crippen LogP contribution in [0.1, 0.15) is 39.2 Å². The van der Waals surface area contributed by atoms with Crippen molar-refractivity contribution in [3.63, 3.8) is 0 Å². The lowest BCUT2D eigenvalue weighted by Gasteiger charge is -2.17. The summed E-state index contributed by atoms with van der Waals surface area (Å²) in [6.45, 7) is 8.25. The molecule has 1 atom stereocenters. The molecule has 0 aromatic carbocycles. The molecule has 14 heavy (non-hydrogen) atoms. The minimum Gasteiger partial charge on any atom is -0.328 e. The van der Waals surface area contributed by atoms with Crippen LogP contribution in [-0.2, 0) is 11.8 Å². The maximum absolute atomic E-state index is 5.68. The Morgan fingerprint density at radius 1 is 1.43 bits per heavy atom. The van der Waals surface area contributed by atoms with Gasteiger partial charge in [-0.25, -0.2) is 4.98 Å². The van der Waals surface area contributed by atoms with Crippen LogP contribution in [-0.4, -0.2) is 21.2 Å². The molecule has 0 aliphatic heterocycles. The molecule has 0 saturated carbocycles. The topological polar surface area (TPSA) is 64.7 Å². The fourth-order valence-electron chi connectivity index (χ4n) is 1.08. The lowest BCUT2D eigenvalue weighted by atomic mass is 9.93. The highest BCUT2D eigenvalue weighted by atomic mass is 15.1. The van der Waals surface area contributed by atoms with Gasteiger partial charge in [-0.15, -0.1) is 5.10 Å². The lowest BCUT2D eigenvalue weighted by molar-refractivity contribution is 0.549. The quantitative estimate of drug-likeness (QED) is 0.764. The van der Waals surface area contributed by atoms with Gasteiger partial charge in [0.25, 0.3) is 0 Å². The van der Waals surface area contributed by atoms with Gasteiger partial charge in [-0.2, -0.15) is 5.10 Å². The Balaban J connectivity index is 2.90.